The molecule has 0 aliphatic heterocycles. The van der Waals surface area contributed by atoms with Crippen LogP contribution in [-0.2, 0) is 0 Å². The van der Waals surface area contributed by atoms with Gasteiger partial charge in [-0.15, -0.1) is 0 Å². The lowest BCUT2D eigenvalue weighted by atomic mass is 9.92. The summed E-state index contributed by atoms with van der Waals surface area (Å²) in [5.74, 6) is -0.191. The summed E-state index contributed by atoms with van der Waals surface area (Å²) in [5.41, 5.74) is 0. The van der Waals surface area contributed by atoms with Gasteiger partial charge in [0.25, 0.3) is 0 Å². The van der Waals surface area contributed by atoms with Crippen LogP contribution in [0.2, 0.25) is 0 Å². The Balaban J connectivity index is 2.53. The van der Waals surface area contributed by atoms with Gasteiger partial charge >= 0.3 is 0 Å². The second-order valence-corrected chi connectivity index (χ2v) is 2.60. The molecule has 58 valence electrons. The SMILES string of the molecule is OCC1C=CC(O)CC1O. The molecule has 3 heteroatoms. The molecule has 0 radical (unpaired) electrons. The first-order valence-corrected chi connectivity index (χ1v) is 3.39. The van der Waals surface area contributed by atoms with E-state index in [0.29, 0.717) is 6.42 Å². The predicted molar refractivity (Wildman–Crippen MR) is 36.3 cm³/mol. The zero-order valence-electron chi connectivity index (χ0n) is 5.64. The van der Waals surface area contributed by atoms with E-state index < -0.39 is 12.2 Å². The van der Waals surface area contributed by atoms with Gasteiger partial charge in [-0.2, -0.15) is 0 Å². The van der Waals surface area contributed by atoms with Gasteiger partial charge in [-0.25, -0.2) is 0 Å². The van der Waals surface area contributed by atoms with Crippen molar-refractivity contribution >= 4 is 0 Å². The van der Waals surface area contributed by atoms with Crippen molar-refractivity contribution in [2.24, 2.45) is 5.92 Å². The van der Waals surface area contributed by atoms with Crippen LogP contribution >= 0.6 is 0 Å². The second kappa shape index (κ2) is 3.14. The number of aliphatic hydroxyl groups excluding tert-OH is 3. The van der Waals surface area contributed by atoms with Gasteiger partial charge in [-0.3, -0.25) is 0 Å². The second-order valence-electron chi connectivity index (χ2n) is 2.60. The fraction of sp³-hybridized carbons (Fsp3) is 0.714. The van der Waals surface area contributed by atoms with E-state index in [1.807, 2.05) is 0 Å². The standard InChI is InChI=1S/C7H12O3/c8-4-5-1-2-6(9)3-7(5)10/h1-2,5-10H,3-4H2. The summed E-state index contributed by atoms with van der Waals surface area (Å²) in [6.45, 7) is -0.0512. The zero-order chi connectivity index (χ0) is 7.56. The average Bonchev–Trinajstić information content (AvgIpc) is 1.88. The molecule has 0 aromatic rings. The molecule has 3 nitrogen and oxygen atoms in total. The maximum atomic E-state index is 9.17. The summed E-state index contributed by atoms with van der Waals surface area (Å²) in [6.07, 6.45) is 2.46. The average molecular weight is 144 g/mol. The summed E-state index contributed by atoms with van der Waals surface area (Å²) in [4.78, 5) is 0. The van der Waals surface area contributed by atoms with E-state index >= 15 is 0 Å². The van der Waals surface area contributed by atoms with Crippen LogP contribution in [0.5, 0.6) is 0 Å². The molecular weight excluding hydrogens is 132 g/mol. The van der Waals surface area contributed by atoms with Gasteiger partial charge in [0.1, 0.15) is 0 Å². The number of rotatable bonds is 1. The molecule has 3 unspecified atom stereocenters. The largest absolute Gasteiger partial charge is 0.396 e. The topological polar surface area (TPSA) is 60.7 Å². The van der Waals surface area contributed by atoms with Crippen LogP contribution < -0.4 is 0 Å². The Hall–Kier alpha value is -0.380. The maximum absolute atomic E-state index is 9.17. The number of hydrogen-bond acceptors (Lipinski definition) is 3. The Morgan fingerprint density at radius 3 is 2.50 bits per heavy atom. The summed E-state index contributed by atoms with van der Waals surface area (Å²) in [5, 5.41) is 26.8. The van der Waals surface area contributed by atoms with Crippen molar-refractivity contribution in [1.29, 1.82) is 0 Å². The molecule has 1 aliphatic rings. The fourth-order valence-corrected chi connectivity index (χ4v) is 1.08. The van der Waals surface area contributed by atoms with Crippen LogP contribution in [-0.4, -0.2) is 34.1 Å². The third-order valence-electron chi connectivity index (χ3n) is 1.77. The first-order chi connectivity index (χ1) is 4.74. The van der Waals surface area contributed by atoms with Gasteiger partial charge in [0.2, 0.25) is 0 Å². The molecule has 10 heavy (non-hydrogen) atoms. The number of aliphatic hydroxyl groups is 3. The van der Waals surface area contributed by atoms with E-state index in [4.69, 9.17) is 15.3 Å². The van der Waals surface area contributed by atoms with Crippen molar-refractivity contribution in [2.75, 3.05) is 6.61 Å². The predicted octanol–water partition coefficient (Wildman–Crippen LogP) is -0.723. The highest BCUT2D eigenvalue weighted by Gasteiger charge is 2.22. The van der Waals surface area contributed by atoms with Gasteiger partial charge in [0.15, 0.2) is 0 Å². The number of hydrogen-bond donors (Lipinski definition) is 3. The first kappa shape index (κ1) is 7.72. The van der Waals surface area contributed by atoms with Crippen LogP contribution in [0.3, 0.4) is 0 Å². The minimum atomic E-state index is -0.593. The minimum Gasteiger partial charge on any atom is -0.396 e. The molecule has 0 saturated carbocycles. The van der Waals surface area contributed by atoms with E-state index in [0.717, 1.165) is 0 Å². The first-order valence-electron chi connectivity index (χ1n) is 3.39. The lowest BCUT2D eigenvalue weighted by Gasteiger charge is -2.23. The lowest BCUT2D eigenvalue weighted by molar-refractivity contribution is 0.0426. The quantitative estimate of drug-likeness (QED) is 0.425. The van der Waals surface area contributed by atoms with Gasteiger partial charge in [-0.05, 0) is 0 Å². The van der Waals surface area contributed by atoms with Crippen molar-refractivity contribution in [3.05, 3.63) is 12.2 Å². The Morgan fingerprint density at radius 2 is 2.00 bits per heavy atom. The van der Waals surface area contributed by atoms with Gasteiger partial charge in [0.05, 0.1) is 18.8 Å². The van der Waals surface area contributed by atoms with E-state index in [1.54, 1.807) is 12.2 Å². The lowest BCUT2D eigenvalue weighted by Crippen LogP contribution is -2.29. The van der Waals surface area contributed by atoms with Crippen molar-refractivity contribution < 1.29 is 15.3 Å². The van der Waals surface area contributed by atoms with Crippen LogP contribution in [0, 0.1) is 5.92 Å². The summed E-state index contributed by atoms with van der Waals surface area (Å²) >= 11 is 0. The van der Waals surface area contributed by atoms with Gasteiger partial charge < -0.3 is 15.3 Å². The highest BCUT2D eigenvalue weighted by atomic mass is 16.3. The van der Waals surface area contributed by atoms with Crippen LogP contribution in [0.1, 0.15) is 6.42 Å². The molecule has 0 fully saturated rings. The van der Waals surface area contributed by atoms with Crippen molar-refractivity contribution in [1.82, 2.24) is 0 Å². The molecule has 0 aromatic carbocycles. The molecule has 0 amide bonds. The normalized spacial score (nSPS) is 40.1. The molecule has 3 N–H and O–H groups in total. The van der Waals surface area contributed by atoms with Crippen LogP contribution in [0.15, 0.2) is 12.2 Å². The molecule has 1 rings (SSSR count). The van der Waals surface area contributed by atoms with Crippen molar-refractivity contribution in [3.8, 4) is 0 Å². The van der Waals surface area contributed by atoms with E-state index in [2.05, 4.69) is 0 Å². The van der Waals surface area contributed by atoms with Crippen LogP contribution in [0.25, 0.3) is 0 Å². The van der Waals surface area contributed by atoms with E-state index in [9.17, 15) is 0 Å². The molecule has 3 atom stereocenters. The molecule has 0 aromatic heterocycles. The van der Waals surface area contributed by atoms with Gasteiger partial charge in [-0.1, -0.05) is 12.2 Å². The van der Waals surface area contributed by atoms with Crippen LogP contribution in [0.4, 0.5) is 0 Å². The highest BCUT2D eigenvalue weighted by Crippen LogP contribution is 2.17. The summed E-state index contributed by atoms with van der Waals surface area (Å²) < 4.78 is 0. The molecule has 1 aliphatic carbocycles. The third-order valence-corrected chi connectivity index (χ3v) is 1.77. The highest BCUT2D eigenvalue weighted by molar-refractivity contribution is 5.01. The fourth-order valence-electron chi connectivity index (χ4n) is 1.08. The van der Waals surface area contributed by atoms with Crippen molar-refractivity contribution in [3.63, 3.8) is 0 Å². The van der Waals surface area contributed by atoms with Crippen molar-refractivity contribution in [2.45, 2.75) is 18.6 Å². The Bertz CT molecular complexity index is 133. The van der Waals surface area contributed by atoms with E-state index in [-0.39, 0.29) is 12.5 Å². The zero-order valence-corrected chi connectivity index (χ0v) is 5.64. The Kier molecular flexibility index (Phi) is 2.43. The Labute approximate surface area is 59.6 Å². The monoisotopic (exact) mass is 144 g/mol. The Morgan fingerprint density at radius 1 is 1.30 bits per heavy atom. The van der Waals surface area contributed by atoms with Gasteiger partial charge in [0, 0.05) is 12.3 Å². The smallest absolute Gasteiger partial charge is 0.0745 e. The molecule has 0 saturated heterocycles. The molecule has 0 spiro atoms. The third kappa shape index (κ3) is 1.56. The maximum Gasteiger partial charge on any atom is 0.0745 e. The summed E-state index contributed by atoms with van der Waals surface area (Å²) in [7, 11) is 0. The van der Waals surface area contributed by atoms with E-state index in [1.165, 1.54) is 0 Å². The minimum absolute atomic E-state index is 0.0512. The molecular formula is C7H12O3. The molecule has 0 heterocycles. The summed E-state index contributed by atoms with van der Waals surface area (Å²) in [6, 6.07) is 0. The molecule has 0 bridgehead atoms.